The number of esters is 1. The average Bonchev–Trinajstić information content (AvgIpc) is 3.01. The van der Waals surface area contributed by atoms with Crippen molar-refractivity contribution in [3.05, 3.63) is 23.8 Å². The Bertz CT molecular complexity index is 981. The van der Waals surface area contributed by atoms with E-state index in [1.807, 2.05) is 27.0 Å². The van der Waals surface area contributed by atoms with Gasteiger partial charge in [-0.1, -0.05) is 32.4 Å². The summed E-state index contributed by atoms with van der Waals surface area (Å²) in [5.74, 6) is -0.687. The smallest absolute Gasteiger partial charge is 0.316 e. The number of hydrogen-bond donors (Lipinski definition) is 1. The van der Waals surface area contributed by atoms with Gasteiger partial charge in [0, 0.05) is 22.7 Å². The minimum absolute atomic E-state index is 0.0226. The number of aliphatic hydroxyl groups excluding tert-OH is 1. The minimum atomic E-state index is -1.97. The van der Waals surface area contributed by atoms with Gasteiger partial charge in [0.2, 0.25) is 0 Å². The van der Waals surface area contributed by atoms with Crippen LogP contribution in [0.5, 0.6) is 0 Å². The molecule has 0 aromatic carbocycles. The molecule has 0 radical (unpaired) electrons. The Morgan fingerprint density at radius 2 is 1.97 bits per heavy atom. The number of thioether (sulfide) groups is 2. The normalized spacial score (nSPS) is 44.2. The zero-order valence-corrected chi connectivity index (χ0v) is 22.9. The number of ketones is 2. The second-order valence-electron chi connectivity index (χ2n) is 11.1. The van der Waals surface area contributed by atoms with Crippen molar-refractivity contribution >= 4 is 41.1 Å². The van der Waals surface area contributed by atoms with Crippen LogP contribution in [0, 0.1) is 28.6 Å². The van der Waals surface area contributed by atoms with Crippen LogP contribution in [-0.4, -0.2) is 63.5 Å². The van der Waals surface area contributed by atoms with E-state index >= 15 is 4.39 Å². The van der Waals surface area contributed by atoms with Gasteiger partial charge in [-0.3, -0.25) is 14.4 Å². The molecule has 3 fully saturated rings. The number of carbonyl (C=O) groups is 3. The molecular weight excluding hydrogens is 487 g/mol. The van der Waals surface area contributed by atoms with Crippen molar-refractivity contribution in [2.24, 2.45) is 28.6 Å². The monoisotopic (exact) mass is 524 g/mol. The van der Waals surface area contributed by atoms with E-state index in [4.69, 9.17) is 4.74 Å². The molecule has 0 bridgehead atoms. The van der Waals surface area contributed by atoms with Crippen molar-refractivity contribution in [3.8, 4) is 0 Å². The molecule has 0 aliphatic heterocycles. The molecule has 35 heavy (non-hydrogen) atoms. The predicted molar refractivity (Wildman–Crippen MR) is 138 cm³/mol. The Morgan fingerprint density at radius 3 is 2.63 bits per heavy atom. The van der Waals surface area contributed by atoms with Crippen LogP contribution in [0.4, 0.5) is 4.39 Å². The van der Waals surface area contributed by atoms with Gasteiger partial charge in [-0.25, -0.2) is 4.39 Å². The zero-order valence-electron chi connectivity index (χ0n) is 21.3. The Balaban J connectivity index is 1.81. The van der Waals surface area contributed by atoms with Gasteiger partial charge in [0.15, 0.2) is 22.8 Å². The van der Waals surface area contributed by atoms with Crippen LogP contribution in [0.3, 0.4) is 0 Å². The van der Waals surface area contributed by atoms with E-state index in [2.05, 4.69) is 0 Å². The number of fused-ring (bicyclic) bond motifs is 5. The van der Waals surface area contributed by atoms with E-state index in [1.165, 1.54) is 35.7 Å². The Morgan fingerprint density at radius 1 is 1.26 bits per heavy atom. The molecule has 0 spiro atoms. The fraction of sp³-hybridized carbons (Fsp3) is 0.741. The van der Waals surface area contributed by atoms with Gasteiger partial charge in [-0.2, -0.15) is 23.5 Å². The standard InChI is InChI=1S/C27H37FO5S2/c1-6-35-14-22(31)27(33-23(32)15-34-5)16(2)11-20-19-8-7-17-12-18(29)9-10-24(17,3)26(19,28)21(30)13-25(20,27)4/h9-10,12,16,19-21,30H,6-8,11,13-15H2,1-5H3/t16-,19-,20-,21-,24-,25-,26-,27-/m0/s1. The molecule has 0 amide bonds. The van der Waals surface area contributed by atoms with Crippen molar-refractivity contribution < 1.29 is 28.6 Å². The lowest BCUT2D eigenvalue weighted by molar-refractivity contribution is -0.226. The maximum atomic E-state index is 17.4. The number of carbonyl (C=O) groups excluding carboxylic acids is 3. The molecule has 5 nitrogen and oxygen atoms in total. The van der Waals surface area contributed by atoms with Crippen molar-refractivity contribution in [1.82, 2.24) is 0 Å². The highest BCUT2D eigenvalue weighted by Gasteiger charge is 2.77. The molecule has 0 unspecified atom stereocenters. The molecule has 4 rings (SSSR count). The van der Waals surface area contributed by atoms with Crippen molar-refractivity contribution in [2.45, 2.75) is 70.8 Å². The topological polar surface area (TPSA) is 80.7 Å². The largest absolute Gasteiger partial charge is 0.449 e. The molecule has 0 saturated heterocycles. The summed E-state index contributed by atoms with van der Waals surface area (Å²) in [5.41, 5.74) is -4.62. The van der Waals surface area contributed by atoms with Gasteiger partial charge >= 0.3 is 5.97 Å². The number of hydrogen-bond acceptors (Lipinski definition) is 7. The van der Waals surface area contributed by atoms with Crippen LogP contribution < -0.4 is 0 Å². The van der Waals surface area contributed by atoms with Crippen LogP contribution >= 0.6 is 23.5 Å². The first-order chi connectivity index (χ1) is 16.4. The third-order valence-electron chi connectivity index (χ3n) is 9.57. The molecule has 4 aliphatic carbocycles. The molecule has 194 valence electrons. The molecule has 3 saturated carbocycles. The summed E-state index contributed by atoms with van der Waals surface area (Å²) in [4.78, 5) is 38.8. The fourth-order valence-corrected chi connectivity index (χ4v) is 8.93. The predicted octanol–water partition coefficient (Wildman–Crippen LogP) is 4.57. The first-order valence-electron chi connectivity index (χ1n) is 12.5. The quantitative estimate of drug-likeness (QED) is 0.489. The Kier molecular flexibility index (Phi) is 7.17. The summed E-state index contributed by atoms with van der Waals surface area (Å²) in [7, 11) is 0. The van der Waals surface area contributed by atoms with E-state index in [0.29, 0.717) is 19.3 Å². The Hall–Kier alpha value is -1.12. The summed E-state index contributed by atoms with van der Waals surface area (Å²) >= 11 is 2.83. The third-order valence-corrected chi connectivity index (χ3v) is 11.0. The van der Waals surface area contributed by atoms with Crippen molar-refractivity contribution in [3.63, 3.8) is 0 Å². The SMILES string of the molecule is CCSCC(=O)[C@@]1(OC(=O)CSC)[C@@H](C)C[C@H]2[C@@H]3CCC4=CC(=O)C=C[C@]4(C)[C@@]3(F)[C@@H](O)C[C@@]21C. The highest BCUT2D eigenvalue weighted by Crippen LogP contribution is 2.71. The summed E-state index contributed by atoms with van der Waals surface area (Å²) in [6, 6.07) is 0. The van der Waals surface area contributed by atoms with Gasteiger partial charge < -0.3 is 9.84 Å². The van der Waals surface area contributed by atoms with Crippen LogP contribution in [0.15, 0.2) is 23.8 Å². The average molecular weight is 525 g/mol. The highest BCUT2D eigenvalue weighted by atomic mass is 32.2. The number of aliphatic hydroxyl groups is 1. The molecule has 0 heterocycles. The lowest BCUT2D eigenvalue weighted by Crippen LogP contribution is -2.70. The molecule has 0 aromatic heterocycles. The molecular formula is C27H37FO5S2. The second-order valence-corrected chi connectivity index (χ2v) is 13.2. The van der Waals surface area contributed by atoms with E-state index < -0.39 is 40.1 Å². The van der Waals surface area contributed by atoms with E-state index in [-0.39, 0.29) is 41.3 Å². The number of rotatable bonds is 7. The zero-order chi connectivity index (χ0) is 25.8. The Labute approximate surface area is 216 Å². The molecule has 8 atom stereocenters. The maximum Gasteiger partial charge on any atom is 0.316 e. The number of allylic oxidation sites excluding steroid dienone is 4. The van der Waals surface area contributed by atoms with Crippen molar-refractivity contribution in [2.75, 3.05) is 23.5 Å². The van der Waals surface area contributed by atoms with Gasteiger partial charge in [-0.05, 0) is 62.7 Å². The maximum absolute atomic E-state index is 17.4. The lowest BCUT2D eigenvalue weighted by Gasteiger charge is -2.62. The number of halogens is 1. The minimum Gasteiger partial charge on any atom is -0.449 e. The van der Waals surface area contributed by atoms with Gasteiger partial charge in [-0.15, -0.1) is 0 Å². The third kappa shape index (κ3) is 3.63. The number of Topliss-reactive ketones (excluding diaryl/α,β-unsaturated/α-hetero) is 1. The van der Waals surface area contributed by atoms with E-state index in [0.717, 1.165) is 11.3 Å². The molecule has 1 N–H and O–H groups in total. The first-order valence-corrected chi connectivity index (χ1v) is 15.1. The van der Waals surface area contributed by atoms with Gasteiger partial charge in [0.25, 0.3) is 0 Å². The van der Waals surface area contributed by atoms with Crippen molar-refractivity contribution in [1.29, 1.82) is 0 Å². The lowest BCUT2D eigenvalue weighted by atomic mass is 9.44. The van der Waals surface area contributed by atoms with Crippen LogP contribution in [0.2, 0.25) is 0 Å². The van der Waals surface area contributed by atoms with E-state index in [1.54, 1.807) is 13.0 Å². The second kappa shape index (κ2) is 9.32. The van der Waals surface area contributed by atoms with Gasteiger partial charge in [0.05, 0.1) is 17.6 Å². The molecule has 8 heteroatoms. The summed E-state index contributed by atoms with van der Waals surface area (Å²) < 4.78 is 23.5. The highest BCUT2D eigenvalue weighted by molar-refractivity contribution is 8.00. The van der Waals surface area contributed by atoms with Gasteiger partial charge in [0.1, 0.15) is 0 Å². The van der Waals surface area contributed by atoms with Crippen LogP contribution in [-0.2, 0) is 19.1 Å². The summed E-state index contributed by atoms with van der Waals surface area (Å²) in [6.45, 7) is 7.63. The van der Waals surface area contributed by atoms with Crippen LogP contribution in [0.1, 0.15) is 53.4 Å². The summed E-state index contributed by atoms with van der Waals surface area (Å²) in [6.07, 6.45) is 6.63. The first kappa shape index (κ1) is 26.9. The summed E-state index contributed by atoms with van der Waals surface area (Å²) in [5, 5.41) is 11.6. The number of alkyl halides is 1. The van der Waals surface area contributed by atoms with Crippen LogP contribution in [0.25, 0.3) is 0 Å². The molecule has 0 aromatic rings. The number of ether oxygens (including phenoxy) is 1. The van der Waals surface area contributed by atoms with E-state index in [9.17, 15) is 19.5 Å². The molecule has 4 aliphatic rings. The fourth-order valence-electron chi connectivity index (χ4n) is 8.03.